The molecule has 170 valence electrons. The molecule has 2 aromatic rings. The Labute approximate surface area is 183 Å². The first-order valence-electron chi connectivity index (χ1n) is 9.57. The van der Waals surface area contributed by atoms with E-state index in [1.165, 1.54) is 6.07 Å². The predicted octanol–water partition coefficient (Wildman–Crippen LogP) is 1.72. The minimum atomic E-state index is -1.82. The van der Waals surface area contributed by atoms with E-state index in [-0.39, 0.29) is 16.5 Å². The molecule has 1 heterocycles. The van der Waals surface area contributed by atoms with Gasteiger partial charge in [-0.2, -0.15) is 0 Å². The van der Waals surface area contributed by atoms with Crippen LogP contribution in [0.25, 0.3) is 0 Å². The van der Waals surface area contributed by atoms with E-state index in [1.54, 1.807) is 37.4 Å². The molecule has 0 unspecified atom stereocenters. The summed E-state index contributed by atoms with van der Waals surface area (Å²) >= 11 is 0. The Morgan fingerprint density at radius 3 is 2.19 bits per heavy atom. The highest BCUT2D eigenvalue weighted by molar-refractivity contribution is 6.27. The van der Waals surface area contributed by atoms with Crippen LogP contribution in [0.3, 0.4) is 0 Å². The molecule has 32 heavy (non-hydrogen) atoms. The fourth-order valence-electron chi connectivity index (χ4n) is 3.11. The fraction of sp³-hybridized carbons (Fsp3) is 0.286. The molecule has 0 bridgehead atoms. The van der Waals surface area contributed by atoms with E-state index >= 15 is 0 Å². The van der Waals surface area contributed by atoms with Gasteiger partial charge < -0.3 is 19.8 Å². The van der Waals surface area contributed by atoms with Crippen LogP contribution in [0.4, 0.5) is 5.69 Å². The lowest BCUT2D eigenvalue weighted by Crippen LogP contribution is -2.48. The number of para-hydroxylation sites is 1. The standard InChI is InChI=1S/C19H21N3O4.C2H2O4/c1-26-17-7-4-6-15(13-17)19(23)21-11-9-20(10-12-21)14-16-5-2-3-8-18(16)22(24)25;3-1(4)2(5)6/h2-8,13H,9-12,14H2,1H3;(H,3,4)(H,5,6). The summed E-state index contributed by atoms with van der Waals surface area (Å²) in [6, 6.07) is 13.9. The Hall–Kier alpha value is -3.99. The second-order valence-electron chi connectivity index (χ2n) is 6.80. The molecule has 1 fully saturated rings. The third-order valence-corrected chi connectivity index (χ3v) is 4.74. The van der Waals surface area contributed by atoms with E-state index in [4.69, 9.17) is 24.5 Å². The molecule has 0 aromatic heterocycles. The van der Waals surface area contributed by atoms with Crippen molar-refractivity contribution in [3.05, 3.63) is 69.8 Å². The monoisotopic (exact) mass is 445 g/mol. The van der Waals surface area contributed by atoms with Gasteiger partial charge in [-0.05, 0) is 18.2 Å². The average Bonchev–Trinajstić information content (AvgIpc) is 2.79. The maximum Gasteiger partial charge on any atom is 0.414 e. The first kappa shape index (κ1) is 24.3. The van der Waals surface area contributed by atoms with Gasteiger partial charge in [0, 0.05) is 49.9 Å². The summed E-state index contributed by atoms with van der Waals surface area (Å²) in [5.41, 5.74) is 1.45. The van der Waals surface area contributed by atoms with Crippen molar-refractivity contribution in [1.82, 2.24) is 9.80 Å². The zero-order valence-electron chi connectivity index (χ0n) is 17.3. The zero-order chi connectivity index (χ0) is 23.7. The number of methoxy groups -OCH3 is 1. The van der Waals surface area contributed by atoms with Gasteiger partial charge in [-0.25, -0.2) is 9.59 Å². The van der Waals surface area contributed by atoms with Crippen LogP contribution >= 0.6 is 0 Å². The topological polar surface area (TPSA) is 151 Å². The van der Waals surface area contributed by atoms with Crippen LogP contribution in [0.5, 0.6) is 5.75 Å². The quantitative estimate of drug-likeness (QED) is 0.398. The van der Waals surface area contributed by atoms with Gasteiger partial charge in [0.15, 0.2) is 0 Å². The molecule has 1 aliphatic rings. The number of carbonyl (C=O) groups is 3. The molecule has 0 spiro atoms. The first-order valence-corrected chi connectivity index (χ1v) is 9.57. The molecule has 0 atom stereocenters. The van der Waals surface area contributed by atoms with E-state index < -0.39 is 11.9 Å². The predicted molar refractivity (Wildman–Crippen MR) is 113 cm³/mol. The van der Waals surface area contributed by atoms with Crippen molar-refractivity contribution in [2.24, 2.45) is 0 Å². The maximum atomic E-state index is 12.6. The van der Waals surface area contributed by atoms with E-state index in [2.05, 4.69) is 4.90 Å². The summed E-state index contributed by atoms with van der Waals surface area (Å²) < 4.78 is 5.17. The Balaban J connectivity index is 0.000000534. The van der Waals surface area contributed by atoms with Crippen LogP contribution in [0.1, 0.15) is 15.9 Å². The van der Waals surface area contributed by atoms with Crippen molar-refractivity contribution in [2.45, 2.75) is 6.54 Å². The number of rotatable bonds is 5. The van der Waals surface area contributed by atoms with E-state index in [1.807, 2.05) is 17.0 Å². The van der Waals surface area contributed by atoms with Crippen LogP contribution in [0, 0.1) is 10.1 Å². The maximum absolute atomic E-state index is 12.6. The van der Waals surface area contributed by atoms with Crippen molar-refractivity contribution < 1.29 is 34.3 Å². The van der Waals surface area contributed by atoms with Crippen LogP contribution < -0.4 is 4.74 Å². The van der Waals surface area contributed by atoms with E-state index in [9.17, 15) is 14.9 Å². The van der Waals surface area contributed by atoms with Gasteiger partial charge in [-0.15, -0.1) is 0 Å². The number of carboxylic acid groups (broad SMARTS) is 2. The van der Waals surface area contributed by atoms with Crippen LogP contribution in [-0.4, -0.2) is 76.1 Å². The normalized spacial score (nSPS) is 13.5. The first-order chi connectivity index (χ1) is 15.2. The lowest BCUT2D eigenvalue weighted by molar-refractivity contribution is -0.385. The van der Waals surface area contributed by atoms with E-state index in [0.29, 0.717) is 49.6 Å². The molecule has 3 rings (SSSR count). The summed E-state index contributed by atoms with van der Waals surface area (Å²) in [7, 11) is 1.57. The number of hydrogen-bond acceptors (Lipinski definition) is 7. The van der Waals surface area contributed by atoms with Crippen LogP contribution in [0.2, 0.25) is 0 Å². The fourth-order valence-corrected chi connectivity index (χ4v) is 3.11. The number of amides is 1. The number of benzene rings is 2. The smallest absolute Gasteiger partial charge is 0.414 e. The molecular weight excluding hydrogens is 422 g/mol. The number of nitrogens with zero attached hydrogens (tertiary/aromatic N) is 3. The molecule has 2 aromatic carbocycles. The summed E-state index contributed by atoms with van der Waals surface area (Å²) in [5.74, 6) is -3.01. The number of hydrogen-bond donors (Lipinski definition) is 2. The molecule has 11 nitrogen and oxygen atoms in total. The van der Waals surface area contributed by atoms with Gasteiger partial charge in [0.2, 0.25) is 0 Å². The lowest BCUT2D eigenvalue weighted by Gasteiger charge is -2.34. The number of nitro groups is 1. The highest BCUT2D eigenvalue weighted by atomic mass is 16.6. The largest absolute Gasteiger partial charge is 0.497 e. The number of ether oxygens (including phenoxy) is 1. The second kappa shape index (κ2) is 11.4. The highest BCUT2D eigenvalue weighted by Crippen LogP contribution is 2.21. The van der Waals surface area contributed by atoms with Crippen molar-refractivity contribution in [3.63, 3.8) is 0 Å². The van der Waals surface area contributed by atoms with E-state index in [0.717, 1.165) is 0 Å². The molecular formula is C21H23N3O8. The minimum Gasteiger partial charge on any atom is -0.497 e. The number of piperazine rings is 1. The Morgan fingerprint density at radius 2 is 1.62 bits per heavy atom. The molecule has 0 aliphatic carbocycles. The van der Waals surface area contributed by atoms with Crippen LogP contribution in [-0.2, 0) is 16.1 Å². The van der Waals surface area contributed by atoms with Crippen molar-refractivity contribution in [1.29, 1.82) is 0 Å². The van der Waals surface area contributed by atoms with Gasteiger partial charge in [0.1, 0.15) is 5.75 Å². The second-order valence-corrected chi connectivity index (χ2v) is 6.80. The van der Waals surface area contributed by atoms with Crippen molar-refractivity contribution >= 4 is 23.5 Å². The van der Waals surface area contributed by atoms with Gasteiger partial charge in [0.05, 0.1) is 12.0 Å². The summed E-state index contributed by atoms with van der Waals surface area (Å²) in [4.78, 5) is 45.6. The van der Waals surface area contributed by atoms with Crippen molar-refractivity contribution in [2.75, 3.05) is 33.3 Å². The van der Waals surface area contributed by atoms with Gasteiger partial charge in [-0.1, -0.05) is 24.3 Å². The Morgan fingerprint density at radius 1 is 1.00 bits per heavy atom. The number of carboxylic acids is 2. The molecule has 0 saturated carbocycles. The third kappa shape index (κ3) is 6.77. The summed E-state index contributed by atoms with van der Waals surface area (Å²) in [6.07, 6.45) is 0. The molecule has 1 amide bonds. The molecule has 0 radical (unpaired) electrons. The Kier molecular flexibility index (Phi) is 8.66. The van der Waals surface area contributed by atoms with Gasteiger partial charge >= 0.3 is 11.9 Å². The number of carbonyl (C=O) groups excluding carboxylic acids is 1. The summed E-state index contributed by atoms with van der Waals surface area (Å²) in [6.45, 7) is 3.06. The van der Waals surface area contributed by atoms with Crippen molar-refractivity contribution in [3.8, 4) is 5.75 Å². The molecule has 1 saturated heterocycles. The van der Waals surface area contributed by atoms with Crippen LogP contribution in [0.15, 0.2) is 48.5 Å². The number of nitro benzene ring substituents is 1. The summed E-state index contributed by atoms with van der Waals surface area (Å²) in [5, 5.41) is 25.9. The van der Waals surface area contributed by atoms with Gasteiger partial charge in [0.25, 0.3) is 11.6 Å². The molecule has 2 N–H and O–H groups in total. The van der Waals surface area contributed by atoms with Gasteiger partial charge in [-0.3, -0.25) is 19.8 Å². The average molecular weight is 445 g/mol. The SMILES string of the molecule is COc1cccc(C(=O)N2CCN(Cc3ccccc3[N+](=O)[O-])CC2)c1.O=C(O)C(=O)O. The number of aliphatic carboxylic acids is 2. The lowest BCUT2D eigenvalue weighted by atomic mass is 10.1. The molecule has 11 heteroatoms. The Bertz CT molecular complexity index is 975. The highest BCUT2D eigenvalue weighted by Gasteiger charge is 2.24. The molecule has 1 aliphatic heterocycles. The zero-order valence-corrected chi connectivity index (χ0v) is 17.3. The minimum absolute atomic E-state index is 0.0192. The third-order valence-electron chi connectivity index (χ3n) is 4.74.